The van der Waals surface area contributed by atoms with Crippen molar-refractivity contribution in [1.82, 2.24) is 15.5 Å². The first-order valence-electron chi connectivity index (χ1n) is 11.4. The molecule has 2 aromatic carbocycles. The van der Waals surface area contributed by atoms with Crippen LogP contribution < -0.4 is 10.6 Å². The Morgan fingerprint density at radius 2 is 1.91 bits per heavy atom. The highest BCUT2D eigenvalue weighted by molar-refractivity contribution is 5.97. The molecule has 2 aromatic rings. The zero-order valence-corrected chi connectivity index (χ0v) is 19.5. The topological polar surface area (TPSA) is 119 Å². The van der Waals surface area contributed by atoms with Crippen molar-refractivity contribution in [3.63, 3.8) is 0 Å². The molecule has 1 fully saturated rings. The van der Waals surface area contributed by atoms with Crippen LogP contribution >= 0.6 is 0 Å². The molecule has 186 valence electrons. The fraction of sp³-hybridized carbons (Fsp3) is 0.346. The minimum atomic E-state index is -1.74. The van der Waals surface area contributed by atoms with Gasteiger partial charge in [0.1, 0.15) is 18.0 Å². The Morgan fingerprint density at radius 1 is 1.20 bits per heavy atom. The Bertz CT molecular complexity index is 1080. The van der Waals surface area contributed by atoms with Crippen LogP contribution in [0.1, 0.15) is 27.9 Å². The number of nitrogens with one attached hydrogen (secondary N) is 2. The third kappa shape index (κ3) is 6.05. The van der Waals surface area contributed by atoms with Crippen molar-refractivity contribution in [2.75, 3.05) is 13.1 Å². The van der Waals surface area contributed by atoms with E-state index in [0.717, 1.165) is 10.5 Å². The average Bonchev–Trinajstić information content (AvgIpc) is 3.24. The van der Waals surface area contributed by atoms with Crippen LogP contribution in [0.3, 0.4) is 0 Å². The summed E-state index contributed by atoms with van der Waals surface area (Å²) >= 11 is 0. The van der Waals surface area contributed by atoms with Gasteiger partial charge in [0, 0.05) is 24.2 Å². The zero-order valence-electron chi connectivity index (χ0n) is 19.5. The van der Waals surface area contributed by atoms with Crippen molar-refractivity contribution >= 4 is 17.7 Å². The molecule has 4 N–H and O–H groups in total. The van der Waals surface area contributed by atoms with Crippen molar-refractivity contribution in [3.8, 4) is 5.75 Å². The number of phenols is 1. The van der Waals surface area contributed by atoms with Crippen molar-refractivity contribution in [2.24, 2.45) is 0 Å². The molecule has 1 saturated heterocycles. The van der Waals surface area contributed by atoms with Crippen LogP contribution in [0.2, 0.25) is 0 Å². The summed E-state index contributed by atoms with van der Waals surface area (Å²) in [7, 11) is 0. The molecule has 3 amide bonds. The number of phenolic OH excluding ortho intramolecular Hbond substituents is 1. The van der Waals surface area contributed by atoms with E-state index in [9.17, 15) is 29.0 Å². The Morgan fingerprint density at radius 3 is 2.60 bits per heavy atom. The predicted molar refractivity (Wildman–Crippen MR) is 128 cm³/mol. The van der Waals surface area contributed by atoms with Crippen LogP contribution in [0, 0.1) is 6.92 Å². The number of hydrogen-bond donors (Lipinski definition) is 4. The van der Waals surface area contributed by atoms with Crippen LogP contribution in [-0.2, 0) is 16.0 Å². The van der Waals surface area contributed by atoms with E-state index in [0.29, 0.717) is 5.56 Å². The molecule has 1 heterocycles. The van der Waals surface area contributed by atoms with Crippen molar-refractivity contribution in [2.45, 2.75) is 44.1 Å². The molecular formula is C26H30FN3O5. The number of carbonyl (C=O) groups excluding carboxylic acids is 3. The molecule has 0 spiro atoms. The smallest absolute Gasteiger partial charge is 0.254 e. The van der Waals surface area contributed by atoms with E-state index < -0.39 is 42.1 Å². The second kappa shape index (κ2) is 11.6. The maximum Gasteiger partial charge on any atom is 0.254 e. The number of carbonyl (C=O) groups is 3. The summed E-state index contributed by atoms with van der Waals surface area (Å²) in [5.74, 6) is -2.17. The van der Waals surface area contributed by atoms with E-state index in [1.807, 2.05) is 6.07 Å². The summed E-state index contributed by atoms with van der Waals surface area (Å²) in [6, 6.07) is 11.0. The lowest BCUT2D eigenvalue weighted by Gasteiger charge is -2.30. The monoisotopic (exact) mass is 483 g/mol. The summed E-state index contributed by atoms with van der Waals surface area (Å²) in [4.78, 5) is 39.8. The van der Waals surface area contributed by atoms with Gasteiger partial charge >= 0.3 is 0 Å². The fourth-order valence-corrected chi connectivity index (χ4v) is 4.15. The van der Waals surface area contributed by atoms with Crippen LogP contribution in [0.15, 0.2) is 61.2 Å². The number of nitrogens with zero attached hydrogens (tertiary/aromatic N) is 1. The maximum absolute atomic E-state index is 14.5. The van der Waals surface area contributed by atoms with Crippen molar-refractivity contribution in [1.29, 1.82) is 0 Å². The van der Waals surface area contributed by atoms with Gasteiger partial charge in [0.2, 0.25) is 5.91 Å². The number of alkyl halides is 1. The molecule has 1 unspecified atom stereocenters. The van der Waals surface area contributed by atoms with Gasteiger partial charge in [-0.2, -0.15) is 0 Å². The minimum Gasteiger partial charge on any atom is -0.508 e. The Labute approximate surface area is 203 Å². The molecule has 0 aromatic heterocycles. The zero-order chi connectivity index (χ0) is 25.5. The first kappa shape index (κ1) is 25.9. The Kier molecular flexibility index (Phi) is 8.59. The molecule has 0 radical (unpaired) electrons. The van der Waals surface area contributed by atoms with Gasteiger partial charge in [0.15, 0.2) is 6.10 Å². The van der Waals surface area contributed by atoms with E-state index in [2.05, 4.69) is 17.2 Å². The number of aliphatic hydroxyl groups excluding tert-OH is 1. The highest BCUT2D eigenvalue weighted by atomic mass is 19.1. The van der Waals surface area contributed by atoms with Crippen LogP contribution in [0.4, 0.5) is 4.39 Å². The van der Waals surface area contributed by atoms with Gasteiger partial charge in [0.05, 0.1) is 6.04 Å². The van der Waals surface area contributed by atoms with Gasteiger partial charge in [-0.05, 0) is 37.5 Å². The third-order valence-corrected chi connectivity index (χ3v) is 6.10. The number of amides is 3. The largest absolute Gasteiger partial charge is 0.508 e. The van der Waals surface area contributed by atoms with Gasteiger partial charge < -0.3 is 25.7 Å². The van der Waals surface area contributed by atoms with Crippen LogP contribution in [0.25, 0.3) is 0 Å². The van der Waals surface area contributed by atoms with Gasteiger partial charge in [-0.25, -0.2) is 4.39 Å². The summed E-state index contributed by atoms with van der Waals surface area (Å²) < 4.78 is 14.5. The standard InChI is InChI=1S/C26H30FN3O5/c1-3-13-28-25(34)22-19(27)12-14-30(22)26(35)23(32)20(15-17-8-5-4-6-9-17)29-24(33)18-10-7-11-21(31)16(18)2/h3-11,19-20,22-23,31-32H,1,12-15H2,2H3,(H,28,34)(H,29,33)/t19-,20+,22?,23+/m1/s1. The predicted octanol–water partition coefficient (Wildman–Crippen LogP) is 1.64. The van der Waals surface area contributed by atoms with E-state index in [1.54, 1.807) is 31.2 Å². The SMILES string of the molecule is C=CCNC(=O)C1[C@H](F)CCN1C(=O)[C@@H](O)[C@H](Cc1ccccc1)NC(=O)c1cccc(O)c1C. The molecule has 0 saturated carbocycles. The van der Waals surface area contributed by atoms with Gasteiger partial charge in [0.25, 0.3) is 11.8 Å². The molecule has 0 bridgehead atoms. The first-order valence-corrected chi connectivity index (χ1v) is 11.4. The highest BCUT2D eigenvalue weighted by Gasteiger charge is 2.45. The van der Waals surface area contributed by atoms with Crippen LogP contribution in [0.5, 0.6) is 5.75 Å². The number of rotatable bonds is 9. The minimum absolute atomic E-state index is 0.0389. The number of aliphatic hydroxyl groups is 1. The molecule has 9 heteroatoms. The van der Waals surface area contributed by atoms with Crippen molar-refractivity contribution < 1.29 is 29.0 Å². The van der Waals surface area contributed by atoms with E-state index in [1.165, 1.54) is 24.3 Å². The lowest BCUT2D eigenvalue weighted by atomic mass is 9.98. The molecule has 3 rings (SSSR count). The number of likely N-dealkylation sites (tertiary alicyclic amines) is 1. The van der Waals surface area contributed by atoms with Gasteiger partial charge in [-0.3, -0.25) is 14.4 Å². The maximum atomic E-state index is 14.5. The highest BCUT2D eigenvalue weighted by Crippen LogP contribution is 2.24. The summed E-state index contributed by atoms with van der Waals surface area (Å²) in [6.45, 7) is 5.16. The number of aromatic hydroxyl groups is 1. The summed E-state index contributed by atoms with van der Waals surface area (Å²) in [5.41, 5.74) is 1.29. The molecule has 1 aliphatic rings. The first-order chi connectivity index (χ1) is 16.7. The number of halogens is 1. The van der Waals surface area contributed by atoms with Gasteiger partial charge in [-0.15, -0.1) is 6.58 Å². The van der Waals surface area contributed by atoms with E-state index >= 15 is 0 Å². The normalized spacial score (nSPS) is 19.0. The summed E-state index contributed by atoms with van der Waals surface area (Å²) in [6.07, 6.45) is -1.80. The lowest BCUT2D eigenvalue weighted by molar-refractivity contribution is -0.147. The molecular weight excluding hydrogens is 453 g/mol. The number of hydrogen-bond acceptors (Lipinski definition) is 5. The van der Waals surface area contributed by atoms with Crippen molar-refractivity contribution in [3.05, 3.63) is 77.9 Å². The molecule has 1 aliphatic heterocycles. The second-order valence-electron chi connectivity index (χ2n) is 8.48. The quantitative estimate of drug-likeness (QED) is 0.405. The average molecular weight is 484 g/mol. The van der Waals surface area contributed by atoms with Crippen LogP contribution in [-0.4, -0.2) is 70.3 Å². The fourth-order valence-electron chi connectivity index (χ4n) is 4.15. The molecule has 0 aliphatic carbocycles. The molecule has 35 heavy (non-hydrogen) atoms. The third-order valence-electron chi connectivity index (χ3n) is 6.10. The lowest BCUT2D eigenvalue weighted by Crippen LogP contribution is -2.57. The van der Waals surface area contributed by atoms with Gasteiger partial charge in [-0.1, -0.05) is 42.5 Å². The molecule has 4 atom stereocenters. The number of benzene rings is 2. The van der Waals surface area contributed by atoms with E-state index in [4.69, 9.17) is 0 Å². The summed E-state index contributed by atoms with van der Waals surface area (Å²) in [5, 5.41) is 26.2. The second-order valence-corrected chi connectivity index (χ2v) is 8.48. The Hall–Kier alpha value is -3.72. The van der Waals surface area contributed by atoms with E-state index in [-0.39, 0.29) is 37.2 Å². The Balaban J connectivity index is 1.85. The molecule has 8 nitrogen and oxygen atoms in total.